The van der Waals surface area contributed by atoms with E-state index in [1.165, 1.54) is 0 Å². The molecule has 0 aliphatic heterocycles. The van der Waals surface area contributed by atoms with Crippen molar-refractivity contribution < 1.29 is 13.9 Å². The van der Waals surface area contributed by atoms with Crippen molar-refractivity contribution >= 4 is 21.9 Å². The van der Waals surface area contributed by atoms with Crippen molar-refractivity contribution in [2.75, 3.05) is 14.2 Å². The van der Waals surface area contributed by atoms with Gasteiger partial charge in [-0.3, -0.25) is 0 Å². The molecular formula is C15H15NO3. The summed E-state index contributed by atoms with van der Waals surface area (Å²) >= 11 is 0. The fourth-order valence-corrected chi connectivity index (χ4v) is 2.34. The minimum atomic E-state index is 0.458. The summed E-state index contributed by atoms with van der Waals surface area (Å²) < 4.78 is 16.4. The van der Waals surface area contributed by atoms with E-state index >= 15 is 0 Å². The molecule has 0 saturated heterocycles. The van der Waals surface area contributed by atoms with Crippen molar-refractivity contribution in [3.63, 3.8) is 0 Å². The molecule has 0 atom stereocenters. The maximum absolute atomic E-state index is 5.88. The second-order valence-corrected chi connectivity index (χ2v) is 4.44. The molecule has 2 aromatic heterocycles. The van der Waals surface area contributed by atoms with Gasteiger partial charge in [-0.1, -0.05) is 6.07 Å². The lowest BCUT2D eigenvalue weighted by molar-refractivity contribution is 0.166. The first-order valence-corrected chi connectivity index (χ1v) is 6.09. The van der Waals surface area contributed by atoms with E-state index in [1.54, 1.807) is 14.2 Å². The smallest absolute Gasteiger partial charge is 0.145 e. The van der Waals surface area contributed by atoms with E-state index in [0.29, 0.717) is 6.61 Å². The Morgan fingerprint density at radius 1 is 1.21 bits per heavy atom. The first-order valence-electron chi connectivity index (χ1n) is 6.09. The largest absolute Gasteiger partial charge is 0.494 e. The van der Waals surface area contributed by atoms with Crippen LogP contribution >= 0.6 is 0 Å². The molecule has 19 heavy (non-hydrogen) atoms. The van der Waals surface area contributed by atoms with Gasteiger partial charge in [0.05, 0.1) is 7.11 Å². The molecule has 0 aliphatic carbocycles. The third kappa shape index (κ3) is 1.85. The number of aryl methyl sites for hydroxylation is 1. The summed E-state index contributed by atoms with van der Waals surface area (Å²) in [5.41, 5.74) is 2.60. The molecule has 0 fully saturated rings. The fraction of sp³-hybridized carbons (Fsp3) is 0.267. The van der Waals surface area contributed by atoms with E-state index in [9.17, 15) is 0 Å². The second kappa shape index (κ2) is 4.55. The SMILES string of the molecule is COCc1cc2c(C)nc3c(OC)cccc3c2o1. The average molecular weight is 257 g/mol. The quantitative estimate of drug-likeness (QED) is 0.721. The summed E-state index contributed by atoms with van der Waals surface area (Å²) in [4.78, 5) is 4.62. The van der Waals surface area contributed by atoms with Crippen LogP contribution in [0, 0.1) is 6.92 Å². The van der Waals surface area contributed by atoms with E-state index in [4.69, 9.17) is 13.9 Å². The lowest BCUT2D eigenvalue weighted by Crippen LogP contribution is -1.90. The molecule has 0 radical (unpaired) electrons. The zero-order valence-corrected chi connectivity index (χ0v) is 11.2. The van der Waals surface area contributed by atoms with Crippen molar-refractivity contribution in [1.82, 2.24) is 4.98 Å². The Hall–Kier alpha value is -2.07. The first kappa shape index (κ1) is 12.0. The van der Waals surface area contributed by atoms with Gasteiger partial charge in [0.2, 0.25) is 0 Å². The van der Waals surface area contributed by atoms with Crippen LogP contribution in [0.2, 0.25) is 0 Å². The number of ether oxygens (including phenoxy) is 2. The summed E-state index contributed by atoms with van der Waals surface area (Å²) in [6.45, 7) is 2.43. The molecule has 3 rings (SSSR count). The molecule has 2 heterocycles. The van der Waals surface area contributed by atoms with Gasteiger partial charge in [-0.05, 0) is 25.1 Å². The van der Waals surface area contributed by atoms with Crippen molar-refractivity contribution in [2.24, 2.45) is 0 Å². The normalized spacial score (nSPS) is 11.3. The molecule has 98 valence electrons. The highest BCUT2D eigenvalue weighted by molar-refractivity contribution is 6.05. The minimum absolute atomic E-state index is 0.458. The molecule has 0 unspecified atom stereocenters. The zero-order chi connectivity index (χ0) is 13.4. The van der Waals surface area contributed by atoms with Crippen LogP contribution in [-0.2, 0) is 11.3 Å². The number of pyridine rings is 1. The summed E-state index contributed by atoms with van der Waals surface area (Å²) in [6.07, 6.45) is 0. The van der Waals surface area contributed by atoms with Crippen molar-refractivity contribution in [2.45, 2.75) is 13.5 Å². The lowest BCUT2D eigenvalue weighted by Gasteiger charge is -2.06. The molecular weight excluding hydrogens is 242 g/mol. The van der Waals surface area contributed by atoms with Crippen LogP contribution in [0.1, 0.15) is 11.5 Å². The molecule has 4 nitrogen and oxygen atoms in total. The van der Waals surface area contributed by atoms with E-state index in [1.807, 2.05) is 31.2 Å². The molecule has 0 aliphatic rings. The van der Waals surface area contributed by atoms with Crippen LogP contribution in [0.5, 0.6) is 5.75 Å². The molecule has 4 heteroatoms. The van der Waals surface area contributed by atoms with Crippen LogP contribution in [0.4, 0.5) is 0 Å². The number of furan rings is 1. The maximum atomic E-state index is 5.88. The Morgan fingerprint density at radius 2 is 2.05 bits per heavy atom. The summed E-state index contributed by atoms with van der Waals surface area (Å²) in [7, 11) is 3.30. The predicted octanol–water partition coefficient (Wildman–Crippen LogP) is 3.44. The monoisotopic (exact) mass is 257 g/mol. The van der Waals surface area contributed by atoms with Crippen LogP contribution in [-0.4, -0.2) is 19.2 Å². The van der Waals surface area contributed by atoms with E-state index < -0.39 is 0 Å². The van der Waals surface area contributed by atoms with Crippen molar-refractivity contribution in [1.29, 1.82) is 0 Å². The highest BCUT2D eigenvalue weighted by atomic mass is 16.5. The number of hydrogen-bond acceptors (Lipinski definition) is 4. The molecule has 0 bridgehead atoms. The van der Waals surface area contributed by atoms with E-state index in [-0.39, 0.29) is 0 Å². The third-order valence-corrected chi connectivity index (χ3v) is 3.20. The average Bonchev–Trinajstić information content (AvgIpc) is 2.83. The predicted molar refractivity (Wildman–Crippen MR) is 73.5 cm³/mol. The number of benzene rings is 1. The number of hydrogen-bond donors (Lipinski definition) is 0. The third-order valence-electron chi connectivity index (χ3n) is 3.20. The molecule has 1 aromatic carbocycles. The Bertz CT molecular complexity index is 746. The van der Waals surface area contributed by atoms with Crippen LogP contribution in [0.25, 0.3) is 21.9 Å². The Labute approximate surface area is 110 Å². The Morgan fingerprint density at radius 3 is 2.79 bits per heavy atom. The van der Waals surface area contributed by atoms with Crippen LogP contribution < -0.4 is 4.74 Å². The Kier molecular flexibility index (Phi) is 2.87. The summed E-state index contributed by atoms with van der Waals surface area (Å²) in [5, 5.41) is 1.98. The number of para-hydroxylation sites is 1. The fourth-order valence-electron chi connectivity index (χ4n) is 2.34. The standard InChI is InChI=1S/C15H15NO3/c1-9-12-7-10(8-17-2)19-15(12)11-5-4-6-13(18-3)14(11)16-9/h4-7H,8H2,1-3H3. The van der Waals surface area contributed by atoms with Gasteiger partial charge >= 0.3 is 0 Å². The van der Waals surface area contributed by atoms with Gasteiger partial charge in [0, 0.05) is 23.6 Å². The zero-order valence-electron chi connectivity index (χ0n) is 11.2. The first-order chi connectivity index (χ1) is 9.24. The number of aromatic nitrogens is 1. The maximum Gasteiger partial charge on any atom is 0.145 e. The highest BCUT2D eigenvalue weighted by Crippen LogP contribution is 2.33. The highest BCUT2D eigenvalue weighted by Gasteiger charge is 2.14. The van der Waals surface area contributed by atoms with Crippen molar-refractivity contribution in [3.05, 3.63) is 35.7 Å². The van der Waals surface area contributed by atoms with Gasteiger partial charge in [0.25, 0.3) is 0 Å². The second-order valence-electron chi connectivity index (χ2n) is 4.44. The molecule has 0 N–H and O–H groups in total. The molecule has 0 amide bonds. The van der Waals surface area contributed by atoms with E-state index in [0.717, 1.165) is 39.1 Å². The molecule has 3 aromatic rings. The van der Waals surface area contributed by atoms with Gasteiger partial charge in [0.15, 0.2) is 0 Å². The molecule has 0 saturated carbocycles. The van der Waals surface area contributed by atoms with E-state index in [2.05, 4.69) is 4.98 Å². The van der Waals surface area contributed by atoms with Gasteiger partial charge < -0.3 is 13.9 Å². The number of nitrogens with zero attached hydrogens (tertiary/aromatic N) is 1. The van der Waals surface area contributed by atoms with Crippen molar-refractivity contribution in [3.8, 4) is 5.75 Å². The Balaban J connectivity index is 2.38. The lowest BCUT2D eigenvalue weighted by atomic mass is 10.1. The summed E-state index contributed by atoms with van der Waals surface area (Å²) in [6, 6.07) is 7.82. The van der Waals surface area contributed by atoms with Gasteiger partial charge in [-0.25, -0.2) is 4.98 Å². The topological polar surface area (TPSA) is 44.5 Å². The molecule has 0 spiro atoms. The van der Waals surface area contributed by atoms with Crippen LogP contribution in [0.3, 0.4) is 0 Å². The summed E-state index contributed by atoms with van der Waals surface area (Å²) in [5.74, 6) is 1.56. The minimum Gasteiger partial charge on any atom is -0.494 e. The number of methoxy groups -OCH3 is 2. The number of rotatable bonds is 3. The van der Waals surface area contributed by atoms with Gasteiger partial charge in [-0.2, -0.15) is 0 Å². The van der Waals surface area contributed by atoms with Crippen LogP contribution in [0.15, 0.2) is 28.7 Å². The van der Waals surface area contributed by atoms with Gasteiger partial charge in [-0.15, -0.1) is 0 Å². The number of fused-ring (bicyclic) bond motifs is 3. The van der Waals surface area contributed by atoms with Gasteiger partial charge in [0.1, 0.15) is 29.2 Å².